The summed E-state index contributed by atoms with van der Waals surface area (Å²) in [5, 5.41) is 12.9. The lowest BCUT2D eigenvalue weighted by Crippen LogP contribution is -1.97. The zero-order valence-electron chi connectivity index (χ0n) is 9.82. The van der Waals surface area contributed by atoms with Gasteiger partial charge in [0.1, 0.15) is 11.0 Å². The second-order valence-corrected chi connectivity index (χ2v) is 5.51. The SMILES string of the molecule is CSc1nc(Cl)cc(Nc2ccc(C#N)cc2Br)n1. The molecule has 0 radical (unpaired) electrons. The highest BCUT2D eigenvalue weighted by Crippen LogP contribution is 2.27. The van der Waals surface area contributed by atoms with Crippen LogP contribution in [-0.4, -0.2) is 16.2 Å². The molecule has 2 aromatic rings. The smallest absolute Gasteiger partial charge is 0.190 e. The van der Waals surface area contributed by atoms with Gasteiger partial charge in [0.2, 0.25) is 0 Å². The quantitative estimate of drug-likeness (QED) is 0.507. The maximum Gasteiger partial charge on any atom is 0.190 e. The molecule has 0 saturated carbocycles. The highest BCUT2D eigenvalue weighted by molar-refractivity contribution is 9.10. The number of nitrogens with one attached hydrogen (secondary N) is 1. The molecule has 19 heavy (non-hydrogen) atoms. The monoisotopic (exact) mass is 354 g/mol. The molecule has 1 heterocycles. The molecule has 2 rings (SSSR count). The van der Waals surface area contributed by atoms with Gasteiger partial charge in [-0.15, -0.1) is 0 Å². The van der Waals surface area contributed by atoms with Crippen LogP contribution in [0.1, 0.15) is 5.56 Å². The van der Waals surface area contributed by atoms with Gasteiger partial charge in [-0.1, -0.05) is 23.4 Å². The van der Waals surface area contributed by atoms with Crippen LogP contribution in [0.3, 0.4) is 0 Å². The molecule has 0 aliphatic rings. The van der Waals surface area contributed by atoms with E-state index in [4.69, 9.17) is 16.9 Å². The molecule has 0 spiro atoms. The van der Waals surface area contributed by atoms with E-state index in [0.29, 0.717) is 21.7 Å². The van der Waals surface area contributed by atoms with Crippen LogP contribution < -0.4 is 5.32 Å². The predicted molar refractivity (Wildman–Crippen MR) is 81.0 cm³/mol. The molecular formula is C12H8BrClN4S. The number of halogens is 2. The Balaban J connectivity index is 2.31. The summed E-state index contributed by atoms with van der Waals surface area (Å²) in [4.78, 5) is 8.37. The number of hydrogen-bond acceptors (Lipinski definition) is 5. The predicted octanol–water partition coefficient (Wildman–Crippen LogP) is 4.23. The third-order valence-corrected chi connectivity index (χ3v) is 3.62. The molecule has 0 saturated heterocycles. The van der Waals surface area contributed by atoms with Crippen molar-refractivity contribution in [1.82, 2.24) is 9.97 Å². The van der Waals surface area contributed by atoms with Crippen molar-refractivity contribution in [2.24, 2.45) is 0 Å². The van der Waals surface area contributed by atoms with Crippen LogP contribution in [0.15, 0.2) is 33.9 Å². The summed E-state index contributed by atoms with van der Waals surface area (Å²) in [5.74, 6) is 0.606. The van der Waals surface area contributed by atoms with E-state index < -0.39 is 0 Å². The van der Waals surface area contributed by atoms with E-state index in [1.807, 2.05) is 6.26 Å². The standard InChI is InChI=1S/C12H8BrClN4S/c1-19-12-17-10(14)5-11(18-12)16-9-3-2-7(6-15)4-8(9)13/h2-5H,1H3,(H,16,17,18). The molecule has 0 bridgehead atoms. The third-order valence-electron chi connectivity index (χ3n) is 2.22. The second-order valence-electron chi connectivity index (χ2n) is 3.49. The van der Waals surface area contributed by atoms with Crippen molar-refractivity contribution in [2.75, 3.05) is 11.6 Å². The van der Waals surface area contributed by atoms with Crippen molar-refractivity contribution in [3.8, 4) is 6.07 Å². The Morgan fingerprint density at radius 2 is 2.16 bits per heavy atom. The number of nitriles is 1. The Labute approximate surface area is 128 Å². The highest BCUT2D eigenvalue weighted by Gasteiger charge is 2.06. The molecule has 0 unspecified atom stereocenters. The van der Waals surface area contributed by atoms with E-state index in [1.54, 1.807) is 24.3 Å². The van der Waals surface area contributed by atoms with E-state index in [2.05, 4.69) is 37.3 Å². The second kappa shape index (κ2) is 6.24. The third kappa shape index (κ3) is 3.60. The van der Waals surface area contributed by atoms with Gasteiger partial charge in [0, 0.05) is 10.5 Å². The molecular weight excluding hydrogens is 348 g/mol. The van der Waals surface area contributed by atoms with Crippen LogP contribution in [0, 0.1) is 11.3 Å². The molecule has 7 heteroatoms. The lowest BCUT2D eigenvalue weighted by Gasteiger charge is -2.09. The average Bonchev–Trinajstić information content (AvgIpc) is 2.40. The van der Waals surface area contributed by atoms with Gasteiger partial charge in [-0.2, -0.15) is 5.26 Å². The maximum atomic E-state index is 8.82. The number of rotatable bonds is 3. The number of aromatic nitrogens is 2. The molecule has 0 aliphatic carbocycles. The van der Waals surface area contributed by atoms with Crippen molar-refractivity contribution in [1.29, 1.82) is 5.26 Å². The first-order valence-electron chi connectivity index (χ1n) is 5.17. The molecule has 1 aromatic heterocycles. The van der Waals surface area contributed by atoms with Crippen molar-refractivity contribution in [3.05, 3.63) is 39.5 Å². The van der Waals surface area contributed by atoms with Gasteiger partial charge in [0.05, 0.1) is 17.3 Å². The number of hydrogen-bond donors (Lipinski definition) is 1. The van der Waals surface area contributed by atoms with Crippen molar-refractivity contribution in [2.45, 2.75) is 5.16 Å². The zero-order chi connectivity index (χ0) is 13.8. The van der Waals surface area contributed by atoms with Crippen LogP contribution in [0.4, 0.5) is 11.5 Å². The summed E-state index contributed by atoms with van der Waals surface area (Å²) in [7, 11) is 0. The number of benzene rings is 1. The minimum atomic E-state index is 0.381. The van der Waals surface area contributed by atoms with Crippen molar-refractivity contribution < 1.29 is 0 Å². The molecule has 0 amide bonds. The van der Waals surface area contributed by atoms with Gasteiger partial charge < -0.3 is 5.32 Å². The van der Waals surface area contributed by atoms with Gasteiger partial charge in [0.25, 0.3) is 0 Å². The van der Waals surface area contributed by atoms with E-state index in [9.17, 15) is 0 Å². The zero-order valence-corrected chi connectivity index (χ0v) is 13.0. The van der Waals surface area contributed by atoms with E-state index >= 15 is 0 Å². The Morgan fingerprint density at radius 3 is 2.79 bits per heavy atom. The van der Waals surface area contributed by atoms with Crippen LogP contribution in [0.5, 0.6) is 0 Å². The average molecular weight is 356 g/mol. The summed E-state index contributed by atoms with van der Waals surface area (Å²) >= 11 is 10.7. The normalized spacial score (nSPS) is 10.0. The summed E-state index contributed by atoms with van der Waals surface area (Å²) in [5.41, 5.74) is 1.39. The molecule has 4 nitrogen and oxygen atoms in total. The van der Waals surface area contributed by atoms with Crippen LogP contribution in [0.2, 0.25) is 5.15 Å². The van der Waals surface area contributed by atoms with Gasteiger partial charge in [0.15, 0.2) is 5.16 Å². The molecule has 1 aromatic carbocycles. The molecule has 0 aliphatic heterocycles. The summed E-state index contributed by atoms with van der Waals surface area (Å²) in [6.07, 6.45) is 1.88. The minimum Gasteiger partial charge on any atom is -0.339 e. The molecule has 0 fully saturated rings. The Bertz CT molecular complexity index is 657. The summed E-state index contributed by atoms with van der Waals surface area (Å²) in [6.45, 7) is 0. The van der Waals surface area contributed by atoms with Crippen LogP contribution in [0.25, 0.3) is 0 Å². The number of thioether (sulfide) groups is 1. The maximum absolute atomic E-state index is 8.82. The van der Waals surface area contributed by atoms with E-state index in [1.165, 1.54) is 11.8 Å². The fourth-order valence-electron chi connectivity index (χ4n) is 1.38. The highest BCUT2D eigenvalue weighted by atomic mass is 79.9. The lowest BCUT2D eigenvalue weighted by molar-refractivity contribution is 0.976. The summed E-state index contributed by atoms with van der Waals surface area (Å²) < 4.78 is 0.784. The van der Waals surface area contributed by atoms with Crippen LogP contribution >= 0.6 is 39.3 Å². The minimum absolute atomic E-state index is 0.381. The van der Waals surface area contributed by atoms with Crippen molar-refractivity contribution in [3.63, 3.8) is 0 Å². The largest absolute Gasteiger partial charge is 0.339 e. The Kier molecular flexibility index (Phi) is 4.64. The Morgan fingerprint density at radius 1 is 1.37 bits per heavy atom. The molecule has 0 atom stereocenters. The topological polar surface area (TPSA) is 61.6 Å². The molecule has 1 N–H and O–H groups in total. The van der Waals surface area contributed by atoms with Crippen LogP contribution in [-0.2, 0) is 0 Å². The number of nitrogens with zero attached hydrogens (tertiary/aromatic N) is 3. The first-order valence-corrected chi connectivity index (χ1v) is 7.57. The fourth-order valence-corrected chi connectivity index (χ4v) is 2.47. The number of anilines is 2. The van der Waals surface area contributed by atoms with Gasteiger partial charge in [-0.3, -0.25) is 0 Å². The van der Waals surface area contributed by atoms with Gasteiger partial charge in [-0.25, -0.2) is 9.97 Å². The lowest BCUT2D eigenvalue weighted by atomic mass is 10.2. The van der Waals surface area contributed by atoms with Gasteiger partial charge >= 0.3 is 0 Å². The first-order chi connectivity index (χ1) is 9.12. The summed E-state index contributed by atoms with van der Waals surface area (Å²) in [6, 6.07) is 8.99. The molecule has 96 valence electrons. The first kappa shape index (κ1) is 14.1. The van der Waals surface area contributed by atoms with Crippen molar-refractivity contribution >= 4 is 50.8 Å². The van der Waals surface area contributed by atoms with E-state index in [-0.39, 0.29) is 0 Å². The Hall–Kier alpha value is -1.29. The van der Waals surface area contributed by atoms with E-state index in [0.717, 1.165) is 10.2 Å². The fraction of sp³-hybridized carbons (Fsp3) is 0.0833. The van der Waals surface area contributed by atoms with Gasteiger partial charge in [-0.05, 0) is 40.4 Å².